The summed E-state index contributed by atoms with van der Waals surface area (Å²) in [7, 11) is 0. The summed E-state index contributed by atoms with van der Waals surface area (Å²) < 4.78 is 1.04. The Morgan fingerprint density at radius 2 is 1.86 bits per heavy atom. The van der Waals surface area contributed by atoms with E-state index in [1.807, 2.05) is 18.2 Å². The number of rotatable bonds is 2. The molecule has 0 bridgehead atoms. The Kier molecular flexibility index (Phi) is 3.88. The second-order valence-corrected chi connectivity index (χ2v) is 6.08. The van der Waals surface area contributed by atoms with Crippen molar-refractivity contribution in [1.29, 1.82) is 0 Å². The molecular weight excluding hydrogens is 326 g/mol. The van der Waals surface area contributed by atoms with Gasteiger partial charge < -0.3 is 5.73 Å². The maximum absolute atomic E-state index is 5.90. The quantitative estimate of drug-likeness (QED) is 0.881. The van der Waals surface area contributed by atoms with Gasteiger partial charge in [0.1, 0.15) is 5.84 Å². The highest BCUT2D eigenvalue weighted by Gasteiger charge is 2.25. The van der Waals surface area contributed by atoms with Crippen molar-refractivity contribution in [3.63, 3.8) is 0 Å². The van der Waals surface area contributed by atoms with Crippen molar-refractivity contribution in [3.05, 3.63) is 69.7 Å². The van der Waals surface area contributed by atoms with Crippen LogP contribution in [0.1, 0.15) is 29.0 Å². The standard InChI is InChI=1S/C17H16BrN3/c1-11-7-8-13(15(18)9-11)17-14(10-16(19)20-21-17)12-5-3-2-4-6-12/h2-9,14H,10H2,1H3,(H2,19,20). The third kappa shape index (κ3) is 2.90. The van der Waals surface area contributed by atoms with Gasteiger partial charge in [-0.3, -0.25) is 0 Å². The van der Waals surface area contributed by atoms with Gasteiger partial charge >= 0.3 is 0 Å². The first kappa shape index (κ1) is 14.0. The van der Waals surface area contributed by atoms with E-state index < -0.39 is 0 Å². The summed E-state index contributed by atoms with van der Waals surface area (Å²) in [4.78, 5) is 0. The van der Waals surface area contributed by atoms with E-state index in [1.54, 1.807) is 0 Å². The first-order valence-electron chi connectivity index (χ1n) is 6.86. The fourth-order valence-electron chi connectivity index (χ4n) is 2.56. The molecule has 2 aromatic rings. The van der Waals surface area contributed by atoms with Crippen molar-refractivity contribution in [3.8, 4) is 0 Å². The smallest absolute Gasteiger partial charge is 0.123 e. The molecule has 106 valence electrons. The molecule has 0 radical (unpaired) electrons. The number of nitrogens with zero attached hydrogens (tertiary/aromatic N) is 2. The zero-order chi connectivity index (χ0) is 14.8. The van der Waals surface area contributed by atoms with E-state index in [2.05, 4.69) is 63.4 Å². The lowest BCUT2D eigenvalue weighted by Crippen LogP contribution is -2.26. The number of nitrogens with two attached hydrogens (primary N) is 1. The second-order valence-electron chi connectivity index (χ2n) is 5.23. The third-order valence-corrected chi connectivity index (χ3v) is 4.29. The minimum atomic E-state index is 0.141. The van der Waals surface area contributed by atoms with E-state index in [1.165, 1.54) is 11.1 Å². The van der Waals surface area contributed by atoms with Crippen molar-refractivity contribution in [2.24, 2.45) is 15.9 Å². The highest BCUT2D eigenvalue weighted by Crippen LogP contribution is 2.31. The number of hydrogen-bond acceptors (Lipinski definition) is 3. The topological polar surface area (TPSA) is 50.7 Å². The largest absolute Gasteiger partial charge is 0.386 e. The van der Waals surface area contributed by atoms with Gasteiger partial charge in [0.15, 0.2) is 0 Å². The van der Waals surface area contributed by atoms with Crippen molar-refractivity contribution in [2.75, 3.05) is 0 Å². The van der Waals surface area contributed by atoms with Crippen LogP contribution in [0.5, 0.6) is 0 Å². The van der Waals surface area contributed by atoms with Gasteiger partial charge in [-0.05, 0) is 24.1 Å². The van der Waals surface area contributed by atoms with Gasteiger partial charge in [0, 0.05) is 22.4 Å². The third-order valence-electron chi connectivity index (χ3n) is 3.63. The fourth-order valence-corrected chi connectivity index (χ4v) is 3.26. The van der Waals surface area contributed by atoms with Crippen molar-refractivity contribution < 1.29 is 0 Å². The summed E-state index contributed by atoms with van der Waals surface area (Å²) >= 11 is 3.64. The van der Waals surface area contributed by atoms with Gasteiger partial charge in [-0.15, -0.1) is 5.10 Å². The lowest BCUT2D eigenvalue weighted by Gasteiger charge is -2.22. The van der Waals surface area contributed by atoms with Gasteiger partial charge in [0.05, 0.1) is 5.71 Å². The molecule has 4 heteroatoms. The Labute approximate surface area is 132 Å². The van der Waals surface area contributed by atoms with E-state index in [9.17, 15) is 0 Å². The Bertz CT molecular complexity index is 720. The van der Waals surface area contributed by atoms with Gasteiger partial charge in [-0.1, -0.05) is 58.4 Å². The van der Waals surface area contributed by atoms with Gasteiger partial charge in [-0.25, -0.2) is 0 Å². The highest BCUT2D eigenvalue weighted by atomic mass is 79.9. The fraction of sp³-hybridized carbons (Fsp3) is 0.176. The van der Waals surface area contributed by atoms with Crippen LogP contribution in [0.3, 0.4) is 0 Å². The van der Waals surface area contributed by atoms with E-state index >= 15 is 0 Å². The molecule has 2 N–H and O–H groups in total. The minimum Gasteiger partial charge on any atom is -0.386 e. The Morgan fingerprint density at radius 1 is 1.10 bits per heavy atom. The summed E-state index contributed by atoms with van der Waals surface area (Å²) in [5, 5.41) is 8.47. The van der Waals surface area contributed by atoms with E-state index in [0.717, 1.165) is 15.7 Å². The average molecular weight is 342 g/mol. The van der Waals surface area contributed by atoms with E-state index in [-0.39, 0.29) is 5.92 Å². The van der Waals surface area contributed by atoms with Crippen molar-refractivity contribution in [1.82, 2.24) is 0 Å². The zero-order valence-electron chi connectivity index (χ0n) is 11.8. The van der Waals surface area contributed by atoms with Gasteiger partial charge in [0.2, 0.25) is 0 Å². The second kappa shape index (κ2) is 5.82. The van der Waals surface area contributed by atoms with Crippen LogP contribution in [0.25, 0.3) is 0 Å². The molecule has 2 aromatic carbocycles. The summed E-state index contributed by atoms with van der Waals surface area (Å²) in [6.45, 7) is 2.07. The lowest BCUT2D eigenvalue weighted by molar-refractivity contribution is 0.886. The van der Waals surface area contributed by atoms with E-state index in [0.29, 0.717) is 12.3 Å². The Morgan fingerprint density at radius 3 is 2.57 bits per heavy atom. The predicted molar refractivity (Wildman–Crippen MR) is 90.8 cm³/mol. The number of aryl methyl sites for hydroxylation is 1. The van der Waals surface area contributed by atoms with Crippen LogP contribution in [-0.2, 0) is 0 Å². The van der Waals surface area contributed by atoms with Crippen LogP contribution in [0.2, 0.25) is 0 Å². The normalized spacial score (nSPS) is 18.1. The molecule has 3 nitrogen and oxygen atoms in total. The minimum absolute atomic E-state index is 0.141. The molecule has 0 amide bonds. The van der Waals surface area contributed by atoms with Gasteiger partial charge in [-0.2, -0.15) is 5.10 Å². The highest BCUT2D eigenvalue weighted by molar-refractivity contribution is 9.10. The monoisotopic (exact) mass is 341 g/mol. The Balaban J connectivity index is 2.08. The molecule has 1 aliphatic rings. The summed E-state index contributed by atoms with van der Waals surface area (Å²) in [6, 6.07) is 16.6. The molecule has 0 saturated carbocycles. The number of amidine groups is 1. The number of hydrogen-bond donors (Lipinski definition) is 1. The molecule has 1 heterocycles. The van der Waals surface area contributed by atoms with Crippen LogP contribution in [0.15, 0.2) is 63.2 Å². The summed E-state index contributed by atoms with van der Waals surface area (Å²) in [5.41, 5.74) is 10.4. The molecule has 1 atom stereocenters. The summed E-state index contributed by atoms with van der Waals surface area (Å²) in [6.07, 6.45) is 0.698. The first-order chi connectivity index (χ1) is 10.1. The molecule has 0 fully saturated rings. The first-order valence-corrected chi connectivity index (χ1v) is 7.66. The molecule has 0 aliphatic carbocycles. The Hall–Kier alpha value is -1.94. The molecular formula is C17H16BrN3. The SMILES string of the molecule is Cc1ccc(C2=NN=C(N)CC2c2ccccc2)c(Br)c1. The molecule has 3 rings (SSSR count). The molecule has 0 spiro atoms. The van der Waals surface area contributed by atoms with Crippen LogP contribution < -0.4 is 5.73 Å². The average Bonchev–Trinajstić information content (AvgIpc) is 2.49. The molecule has 1 unspecified atom stereocenters. The van der Waals surface area contributed by atoms with Crippen LogP contribution >= 0.6 is 15.9 Å². The molecule has 0 saturated heterocycles. The van der Waals surface area contributed by atoms with E-state index in [4.69, 9.17) is 5.73 Å². The predicted octanol–water partition coefficient (Wildman–Crippen LogP) is 4.01. The van der Waals surface area contributed by atoms with Crippen LogP contribution in [0.4, 0.5) is 0 Å². The number of halogens is 1. The van der Waals surface area contributed by atoms with Gasteiger partial charge in [0.25, 0.3) is 0 Å². The molecule has 1 aliphatic heterocycles. The molecule has 0 aromatic heterocycles. The number of benzene rings is 2. The van der Waals surface area contributed by atoms with Crippen LogP contribution in [0, 0.1) is 6.92 Å². The summed E-state index contributed by atoms with van der Waals surface area (Å²) in [5.74, 6) is 0.721. The maximum Gasteiger partial charge on any atom is 0.123 e. The van der Waals surface area contributed by atoms with Crippen molar-refractivity contribution in [2.45, 2.75) is 19.3 Å². The van der Waals surface area contributed by atoms with Crippen LogP contribution in [-0.4, -0.2) is 11.5 Å². The van der Waals surface area contributed by atoms with Crippen molar-refractivity contribution >= 4 is 27.5 Å². The maximum atomic E-state index is 5.90. The lowest BCUT2D eigenvalue weighted by atomic mass is 9.86. The zero-order valence-corrected chi connectivity index (χ0v) is 13.3. The molecule has 21 heavy (non-hydrogen) atoms.